The van der Waals surface area contributed by atoms with E-state index in [-0.39, 0.29) is 12.0 Å². The third-order valence-corrected chi connectivity index (χ3v) is 3.84. The molecule has 2 rings (SSSR count). The van der Waals surface area contributed by atoms with Crippen LogP contribution in [-0.4, -0.2) is 32.3 Å². The Morgan fingerprint density at radius 3 is 2.46 bits per heavy atom. The fraction of sp³-hybridized carbons (Fsp3) is 0.263. The van der Waals surface area contributed by atoms with Crippen molar-refractivity contribution in [2.75, 3.05) is 20.3 Å². The van der Waals surface area contributed by atoms with Crippen LogP contribution in [0.1, 0.15) is 22.3 Å². The Balaban J connectivity index is 1.61. The van der Waals surface area contributed by atoms with Crippen molar-refractivity contribution in [2.24, 2.45) is 0 Å². The second-order valence-electron chi connectivity index (χ2n) is 5.43. The fourth-order valence-electron chi connectivity index (χ4n) is 2.14. The molecule has 0 bridgehead atoms. The molecule has 2 N–H and O–H groups in total. The summed E-state index contributed by atoms with van der Waals surface area (Å²) in [6.45, 7) is 1.31. The van der Waals surface area contributed by atoms with Gasteiger partial charge in [-0.25, -0.2) is 9.59 Å². The standard InChI is InChI=1S/C19H21ClN2O4/c1-25-18(23)15-9-7-14(8-10-15)13-22-19(24)21-11-4-12-26-17-6-3-2-5-16(17)20/h2-3,5-10H,4,11-13H2,1H3,(H2,21,22,24). The van der Waals surface area contributed by atoms with Crippen LogP contribution in [0.3, 0.4) is 0 Å². The summed E-state index contributed by atoms with van der Waals surface area (Å²) in [4.78, 5) is 23.1. The van der Waals surface area contributed by atoms with Crippen LogP contribution >= 0.6 is 11.6 Å². The molecule has 0 atom stereocenters. The molecular formula is C19H21ClN2O4. The number of para-hydroxylation sites is 1. The summed E-state index contributed by atoms with van der Waals surface area (Å²) in [5.41, 5.74) is 1.36. The molecule has 0 heterocycles. The first-order valence-corrected chi connectivity index (χ1v) is 8.54. The number of amides is 2. The lowest BCUT2D eigenvalue weighted by molar-refractivity contribution is 0.0600. The summed E-state index contributed by atoms with van der Waals surface area (Å²) in [5.74, 6) is 0.246. The maximum atomic E-state index is 11.8. The van der Waals surface area contributed by atoms with Gasteiger partial charge in [-0.2, -0.15) is 0 Å². The van der Waals surface area contributed by atoms with Crippen LogP contribution in [0.5, 0.6) is 5.75 Å². The van der Waals surface area contributed by atoms with Gasteiger partial charge in [0.05, 0.1) is 24.3 Å². The van der Waals surface area contributed by atoms with Gasteiger partial charge in [-0.3, -0.25) is 0 Å². The number of rotatable bonds is 8. The van der Waals surface area contributed by atoms with Gasteiger partial charge in [0.25, 0.3) is 0 Å². The van der Waals surface area contributed by atoms with Crippen LogP contribution in [-0.2, 0) is 11.3 Å². The Hall–Kier alpha value is -2.73. The molecule has 0 saturated heterocycles. The topological polar surface area (TPSA) is 76.7 Å². The third-order valence-electron chi connectivity index (χ3n) is 3.53. The van der Waals surface area contributed by atoms with E-state index in [1.807, 2.05) is 12.1 Å². The maximum absolute atomic E-state index is 11.8. The van der Waals surface area contributed by atoms with Gasteiger partial charge in [0.15, 0.2) is 0 Å². The highest BCUT2D eigenvalue weighted by atomic mass is 35.5. The van der Waals surface area contributed by atoms with E-state index in [0.717, 1.165) is 5.56 Å². The van der Waals surface area contributed by atoms with Crippen molar-refractivity contribution in [3.05, 3.63) is 64.7 Å². The quantitative estimate of drug-likeness (QED) is 0.547. The Kier molecular flexibility index (Phi) is 7.76. The van der Waals surface area contributed by atoms with E-state index in [1.165, 1.54) is 7.11 Å². The lowest BCUT2D eigenvalue weighted by Gasteiger charge is -2.10. The Morgan fingerprint density at radius 2 is 1.77 bits per heavy atom. The number of halogens is 1. The average molecular weight is 377 g/mol. The molecule has 7 heteroatoms. The third kappa shape index (κ3) is 6.29. The molecule has 0 fully saturated rings. The Bertz CT molecular complexity index is 735. The number of carbonyl (C=O) groups excluding carboxylic acids is 2. The molecule has 0 radical (unpaired) electrons. The van der Waals surface area contributed by atoms with Crippen molar-refractivity contribution in [1.82, 2.24) is 10.6 Å². The van der Waals surface area contributed by atoms with Gasteiger partial charge >= 0.3 is 12.0 Å². The minimum atomic E-state index is -0.388. The normalized spacial score (nSPS) is 10.1. The molecule has 0 aliphatic heterocycles. The smallest absolute Gasteiger partial charge is 0.337 e. The summed E-state index contributed by atoms with van der Waals surface area (Å²) in [6.07, 6.45) is 0.659. The number of carbonyl (C=O) groups is 2. The zero-order valence-corrected chi connectivity index (χ0v) is 15.2. The Morgan fingerprint density at radius 1 is 1.04 bits per heavy atom. The van der Waals surface area contributed by atoms with Crippen molar-refractivity contribution >= 4 is 23.6 Å². The number of ether oxygens (including phenoxy) is 2. The van der Waals surface area contributed by atoms with Gasteiger partial charge in [-0.1, -0.05) is 35.9 Å². The molecule has 2 amide bonds. The van der Waals surface area contributed by atoms with Crippen LogP contribution in [0.4, 0.5) is 4.79 Å². The highest BCUT2D eigenvalue weighted by Crippen LogP contribution is 2.22. The number of methoxy groups -OCH3 is 1. The molecule has 6 nitrogen and oxygen atoms in total. The van der Waals surface area contributed by atoms with Gasteiger partial charge in [-0.05, 0) is 36.2 Å². The van der Waals surface area contributed by atoms with E-state index in [4.69, 9.17) is 16.3 Å². The second kappa shape index (κ2) is 10.3. The zero-order chi connectivity index (χ0) is 18.8. The first-order valence-electron chi connectivity index (χ1n) is 8.16. The summed E-state index contributed by atoms with van der Waals surface area (Å²) < 4.78 is 10.2. The minimum Gasteiger partial charge on any atom is -0.492 e. The molecule has 138 valence electrons. The molecule has 0 unspecified atom stereocenters. The molecule has 0 spiro atoms. The van der Waals surface area contributed by atoms with Crippen LogP contribution in [0.25, 0.3) is 0 Å². The highest BCUT2D eigenvalue weighted by Gasteiger charge is 2.05. The second-order valence-corrected chi connectivity index (χ2v) is 5.84. The minimum absolute atomic E-state index is 0.264. The van der Waals surface area contributed by atoms with Gasteiger partial charge in [-0.15, -0.1) is 0 Å². The zero-order valence-electron chi connectivity index (χ0n) is 14.5. The van der Waals surface area contributed by atoms with Crippen molar-refractivity contribution in [3.63, 3.8) is 0 Å². The maximum Gasteiger partial charge on any atom is 0.337 e. The molecule has 0 aliphatic carbocycles. The molecule has 0 saturated carbocycles. The first-order chi connectivity index (χ1) is 12.6. The number of hydrogen-bond acceptors (Lipinski definition) is 4. The predicted octanol–water partition coefficient (Wildman–Crippen LogP) is 3.39. The van der Waals surface area contributed by atoms with Crippen molar-refractivity contribution in [1.29, 1.82) is 0 Å². The van der Waals surface area contributed by atoms with E-state index in [2.05, 4.69) is 15.4 Å². The lowest BCUT2D eigenvalue weighted by atomic mass is 10.1. The summed E-state index contributed by atoms with van der Waals surface area (Å²) in [5, 5.41) is 6.07. The van der Waals surface area contributed by atoms with E-state index in [9.17, 15) is 9.59 Å². The molecule has 0 aromatic heterocycles. The highest BCUT2D eigenvalue weighted by molar-refractivity contribution is 6.32. The van der Waals surface area contributed by atoms with E-state index < -0.39 is 0 Å². The average Bonchev–Trinajstić information content (AvgIpc) is 2.67. The van der Waals surface area contributed by atoms with Gasteiger partial charge in [0.2, 0.25) is 0 Å². The number of urea groups is 1. The summed E-state index contributed by atoms with van der Waals surface area (Å²) in [7, 11) is 1.33. The number of esters is 1. The monoisotopic (exact) mass is 376 g/mol. The number of nitrogens with one attached hydrogen (secondary N) is 2. The molecule has 2 aromatic carbocycles. The predicted molar refractivity (Wildman–Crippen MR) is 99.6 cm³/mol. The molecule has 2 aromatic rings. The van der Waals surface area contributed by atoms with Gasteiger partial charge in [0, 0.05) is 13.1 Å². The van der Waals surface area contributed by atoms with Crippen LogP contribution in [0.2, 0.25) is 5.02 Å². The van der Waals surface area contributed by atoms with E-state index in [0.29, 0.717) is 42.5 Å². The Labute approximate surface area is 157 Å². The first kappa shape index (κ1) is 19.6. The van der Waals surface area contributed by atoms with E-state index in [1.54, 1.807) is 36.4 Å². The molecule has 26 heavy (non-hydrogen) atoms. The van der Waals surface area contributed by atoms with Crippen LogP contribution < -0.4 is 15.4 Å². The van der Waals surface area contributed by atoms with Crippen molar-refractivity contribution in [3.8, 4) is 5.75 Å². The van der Waals surface area contributed by atoms with Crippen molar-refractivity contribution < 1.29 is 19.1 Å². The SMILES string of the molecule is COC(=O)c1ccc(CNC(=O)NCCCOc2ccccc2Cl)cc1. The van der Waals surface area contributed by atoms with Crippen molar-refractivity contribution in [2.45, 2.75) is 13.0 Å². The number of benzene rings is 2. The van der Waals surface area contributed by atoms with Crippen LogP contribution in [0.15, 0.2) is 48.5 Å². The lowest BCUT2D eigenvalue weighted by Crippen LogP contribution is -2.36. The van der Waals surface area contributed by atoms with E-state index >= 15 is 0 Å². The van der Waals surface area contributed by atoms with Crippen LogP contribution in [0, 0.1) is 0 Å². The molecule has 0 aliphatic rings. The molecular weight excluding hydrogens is 356 g/mol. The van der Waals surface area contributed by atoms with Gasteiger partial charge in [0.1, 0.15) is 5.75 Å². The summed E-state index contributed by atoms with van der Waals surface area (Å²) >= 11 is 5.99. The fourth-order valence-corrected chi connectivity index (χ4v) is 2.33. The largest absolute Gasteiger partial charge is 0.492 e. The summed E-state index contributed by atoms with van der Waals surface area (Å²) in [6, 6.07) is 13.8. The number of hydrogen-bond donors (Lipinski definition) is 2. The van der Waals surface area contributed by atoms with Gasteiger partial charge < -0.3 is 20.1 Å².